The van der Waals surface area contributed by atoms with Crippen LogP contribution in [0.15, 0.2) is 0 Å². The van der Waals surface area contributed by atoms with Crippen LogP contribution in [0.4, 0.5) is 0 Å². The number of nitrogens with two attached hydrogens (primary N) is 1. The highest BCUT2D eigenvalue weighted by Crippen LogP contribution is 2.27. The minimum absolute atomic E-state index is 0. The molecule has 0 amide bonds. The molecule has 2 aliphatic rings. The van der Waals surface area contributed by atoms with Crippen molar-refractivity contribution in [3.8, 4) is 0 Å². The van der Waals surface area contributed by atoms with Gasteiger partial charge in [0.15, 0.2) is 0 Å². The summed E-state index contributed by atoms with van der Waals surface area (Å²) < 4.78 is 0. The molecule has 2 N–H and O–H groups in total. The van der Waals surface area contributed by atoms with E-state index in [-0.39, 0.29) is 12.4 Å². The van der Waals surface area contributed by atoms with Gasteiger partial charge >= 0.3 is 0 Å². The number of hydrogen-bond acceptors (Lipinski definition) is 3. The summed E-state index contributed by atoms with van der Waals surface area (Å²) in [6, 6.07) is 0.800. The van der Waals surface area contributed by atoms with E-state index in [1.807, 2.05) is 0 Å². The summed E-state index contributed by atoms with van der Waals surface area (Å²) in [7, 11) is 0. The molecule has 2 aliphatic heterocycles. The summed E-state index contributed by atoms with van der Waals surface area (Å²) in [5.74, 6) is 3.75. The van der Waals surface area contributed by atoms with E-state index in [4.69, 9.17) is 5.73 Å². The van der Waals surface area contributed by atoms with Gasteiger partial charge in [0, 0.05) is 12.6 Å². The molecule has 2 fully saturated rings. The second kappa shape index (κ2) is 7.80. The first-order chi connectivity index (χ1) is 7.40. The Balaban J connectivity index is 0.00000128. The highest BCUT2D eigenvalue weighted by Gasteiger charge is 2.25. The van der Waals surface area contributed by atoms with Crippen LogP contribution in [-0.2, 0) is 0 Å². The number of nitrogens with zero attached hydrogens (tertiary/aromatic N) is 1. The van der Waals surface area contributed by atoms with Gasteiger partial charge < -0.3 is 10.6 Å². The number of likely N-dealkylation sites (tertiary alicyclic amines) is 1. The Morgan fingerprint density at radius 3 is 2.81 bits per heavy atom. The van der Waals surface area contributed by atoms with Crippen LogP contribution in [0, 0.1) is 5.92 Å². The first-order valence-electron chi connectivity index (χ1n) is 6.42. The van der Waals surface area contributed by atoms with Crippen molar-refractivity contribution in [2.24, 2.45) is 11.7 Å². The normalized spacial score (nSPS) is 31.3. The van der Waals surface area contributed by atoms with Crippen LogP contribution in [0.3, 0.4) is 0 Å². The van der Waals surface area contributed by atoms with Gasteiger partial charge in [-0.3, -0.25) is 0 Å². The molecule has 96 valence electrons. The van der Waals surface area contributed by atoms with Crippen molar-refractivity contribution in [1.82, 2.24) is 4.90 Å². The predicted octanol–water partition coefficient (Wildman–Crippen LogP) is 2.36. The molecule has 0 aromatic heterocycles. The molecule has 2 heterocycles. The second-order valence-corrected chi connectivity index (χ2v) is 6.10. The van der Waals surface area contributed by atoms with Gasteiger partial charge in [0.25, 0.3) is 0 Å². The fourth-order valence-corrected chi connectivity index (χ4v) is 4.15. The lowest BCUT2D eigenvalue weighted by Crippen LogP contribution is -2.43. The molecule has 0 bridgehead atoms. The molecule has 0 spiro atoms. The molecule has 0 aromatic carbocycles. The summed E-state index contributed by atoms with van der Waals surface area (Å²) in [6.45, 7) is 3.53. The molecule has 0 saturated carbocycles. The third-order valence-corrected chi connectivity index (χ3v) is 5.00. The Labute approximate surface area is 110 Å². The fourth-order valence-electron chi connectivity index (χ4n) is 2.88. The van der Waals surface area contributed by atoms with Gasteiger partial charge in [-0.2, -0.15) is 11.8 Å². The van der Waals surface area contributed by atoms with Crippen molar-refractivity contribution < 1.29 is 0 Å². The highest BCUT2D eigenvalue weighted by molar-refractivity contribution is 7.99. The highest BCUT2D eigenvalue weighted by atomic mass is 35.5. The maximum Gasteiger partial charge on any atom is 0.0107 e. The molecule has 0 radical (unpaired) electrons. The topological polar surface area (TPSA) is 29.3 Å². The number of hydrogen-bond donors (Lipinski definition) is 1. The maximum atomic E-state index is 5.70. The molecule has 2 atom stereocenters. The summed E-state index contributed by atoms with van der Waals surface area (Å²) in [4.78, 5) is 2.73. The van der Waals surface area contributed by atoms with Crippen molar-refractivity contribution in [3.05, 3.63) is 0 Å². The van der Waals surface area contributed by atoms with Crippen molar-refractivity contribution in [1.29, 1.82) is 0 Å². The summed E-state index contributed by atoms with van der Waals surface area (Å²) >= 11 is 2.13. The Hall–Kier alpha value is 0.560. The van der Waals surface area contributed by atoms with Crippen LogP contribution in [-0.4, -0.2) is 42.1 Å². The molecule has 4 heteroatoms. The molecule has 2 saturated heterocycles. The number of halogens is 1. The monoisotopic (exact) mass is 264 g/mol. The van der Waals surface area contributed by atoms with Crippen molar-refractivity contribution >= 4 is 24.2 Å². The smallest absolute Gasteiger partial charge is 0.0107 e. The zero-order valence-electron chi connectivity index (χ0n) is 10.1. The fraction of sp³-hybridized carbons (Fsp3) is 1.00. The lowest BCUT2D eigenvalue weighted by Gasteiger charge is -2.37. The Bertz CT molecular complexity index is 184. The minimum atomic E-state index is 0. The standard InChI is InChI=1S/C12H24N2S.ClH/c13-6-4-12-3-1-2-7-14(12)9-11-5-8-15-10-11;/h11-12H,1-10,13H2;1H. The zero-order valence-corrected chi connectivity index (χ0v) is 11.7. The molecule has 16 heavy (non-hydrogen) atoms. The van der Waals surface area contributed by atoms with Gasteiger partial charge in [-0.05, 0) is 56.2 Å². The quantitative estimate of drug-likeness (QED) is 0.845. The van der Waals surface area contributed by atoms with Gasteiger partial charge in [0.05, 0.1) is 0 Å². The van der Waals surface area contributed by atoms with Crippen LogP contribution in [0.2, 0.25) is 0 Å². The Morgan fingerprint density at radius 2 is 2.12 bits per heavy atom. The SMILES string of the molecule is Cl.NCCC1CCCCN1CC1CCSC1. The number of rotatable bonds is 4. The molecule has 0 aliphatic carbocycles. The average molecular weight is 265 g/mol. The zero-order chi connectivity index (χ0) is 10.5. The van der Waals surface area contributed by atoms with Crippen LogP contribution in [0.25, 0.3) is 0 Å². The van der Waals surface area contributed by atoms with E-state index in [9.17, 15) is 0 Å². The first-order valence-corrected chi connectivity index (χ1v) is 7.57. The molecule has 2 rings (SSSR count). The van der Waals surface area contributed by atoms with E-state index in [1.165, 1.54) is 56.7 Å². The molecule has 0 aromatic rings. The van der Waals surface area contributed by atoms with Crippen LogP contribution in [0.5, 0.6) is 0 Å². The van der Waals surface area contributed by atoms with E-state index in [1.54, 1.807) is 0 Å². The van der Waals surface area contributed by atoms with Gasteiger partial charge in [-0.25, -0.2) is 0 Å². The van der Waals surface area contributed by atoms with Crippen molar-refractivity contribution in [2.45, 2.75) is 38.1 Å². The molecular weight excluding hydrogens is 240 g/mol. The Morgan fingerprint density at radius 1 is 1.25 bits per heavy atom. The third-order valence-electron chi connectivity index (χ3n) is 3.77. The van der Waals surface area contributed by atoms with Crippen LogP contribution >= 0.6 is 24.2 Å². The average Bonchev–Trinajstić information content (AvgIpc) is 2.74. The largest absolute Gasteiger partial charge is 0.330 e. The number of piperidine rings is 1. The predicted molar refractivity (Wildman–Crippen MR) is 75.6 cm³/mol. The lowest BCUT2D eigenvalue weighted by atomic mass is 9.97. The number of thioether (sulfide) groups is 1. The van der Waals surface area contributed by atoms with Gasteiger partial charge in [-0.15, -0.1) is 12.4 Å². The van der Waals surface area contributed by atoms with E-state index in [0.717, 1.165) is 18.5 Å². The minimum Gasteiger partial charge on any atom is -0.330 e. The van der Waals surface area contributed by atoms with Gasteiger partial charge in [-0.1, -0.05) is 6.42 Å². The lowest BCUT2D eigenvalue weighted by molar-refractivity contribution is 0.124. The maximum absolute atomic E-state index is 5.70. The molecular formula is C12H25ClN2S. The summed E-state index contributed by atoms with van der Waals surface area (Å²) in [6.07, 6.45) is 6.86. The van der Waals surface area contributed by atoms with Crippen LogP contribution < -0.4 is 5.73 Å². The van der Waals surface area contributed by atoms with Crippen molar-refractivity contribution in [2.75, 3.05) is 31.1 Å². The van der Waals surface area contributed by atoms with E-state index in [2.05, 4.69) is 16.7 Å². The Kier molecular flexibility index (Phi) is 7.13. The summed E-state index contributed by atoms with van der Waals surface area (Å²) in [5.41, 5.74) is 5.70. The first kappa shape index (κ1) is 14.6. The summed E-state index contributed by atoms with van der Waals surface area (Å²) in [5, 5.41) is 0. The van der Waals surface area contributed by atoms with E-state index in [0.29, 0.717) is 0 Å². The van der Waals surface area contributed by atoms with Gasteiger partial charge in [0.1, 0.15) is 0 Å². The molecule has 2 nitrogen and oxygen atoms in total. The van der Waals surface area contributed by atoms with E-state index < -0.39 is 0 Å². The van der Waals surface area contributed by atoms with Gasteiger partial charge in [0.2, 0.25) is 0 Å². The van der Waals surface area contributed by atoms with Crippen molar-refractivity contribution in [3.63, 3.8) is 0 Å². The second-order valence-electron chi connectivity index (χ2n) is 4.95. The van der Waals surface area contributed by atoms with Crippen LogP contribution in [0.1, 0.15) is 32.1 Å². The molecule has 2 unspecified atom stereocenters. The van der Waals surface area contributed by atoms with E-state index >= 15 is 0 Å². The third kappa shape index (κ3) is 4.10.